The summed E-state index contributed by atoms with van der Waals surface area (Å²) in [5.74, 6) is 0.0152. The zero-order valence-corrected chi connectivity index (χ0v) is 15.1. The molecule has 0 heterocycles. The van der Waals surface area contributed by atoms with Crippen molar-refractivity contribution in [1.82, 2.24) is 4.90 Å². The number of hydrogen-bond donors (Lipinski definition) is 1. The molecule has 3 heteroatoms. The van der Waals surface area contributed by atoms with Crippen molar-refractivity contribution in [2.24, 2.45) is 5.92 Å². The van der Waals surface area contributed by atoms with Crippen LogP contribution in [0.15, 0.2) is 48.5 Å². The Balaban J connectivity index is 1.94. The largest absolute Gasteiger partial charge is 0.480 e. The summed E-state index contributed by atoms with van der Waals surface area (Å²) in [4.78, 5) is 13.0. The second-order valence-electron chi connectivity index (χ2n) is 7.16. The van der Waals surface area contributed by atoms with E-state index in [-0.39, 0.29) is 6.54 Å². The van der Waals surface area contributed by atoms with E-state index in [4.69, 9.17) is 5.11 Å². The maximum absolute atomic E-state index is 11.0. The molecule has 0 unspecified atom stereocenters. The number of hydrogen-bond acceptors (Lipinski definition) is 2. The van der Waals surface area contributed by atoms with Crippen molar-refractivity contribution in [2.75, 3.05) is 20.1 Å². The first kappa shape index (κ1) is 17.7. The van der Waals surface area contributed by atoms with Gasteiger partial charge in [0.25, 0.3) is 0 Å². The number of carboxylic acid groups (broad SMARTS) is 1. The van der Waals surface area contributed by atoms with Gasteiger partial charge in [-0.2, -0.15) is 0 Å². The Labute approximate surface area is 150 Å². The van der Waals surface area contributed by atoms with Crippen molar-refractivity contribution in [3.63, 3.8) is 0 Å². The lowest BCUT2D eigenvalue weighted by Crippen LogP contribution is -2.35. The van der Waals surface area contributed by atoms with Gasteiger partial charge in [0.2, 0.25) is 0 Å². The van der Waals surface area contributed by atoms with Gasteiger partial charge in [-0.15, -0.1) is 0 Å². The monoisotopic (exact) mass is 337 g/mol. The van der Waals surface area contributed by atoms with Crippen LogP contribution in [0, 0.1) is 5.92 Å². The maximum atomic E-state index is 11.0. The molecule has 1 N–H and O–H groups in total. The van der Waals surface area contributed by atoms with E-state index >= 15 is 0 Å². The van der Waals surface area contributed by atoms with Crippen molar-refractivity contribution in [2.45, 2.75) is 32.1 Å². The summed E-state index contributed by atoms with van der Waals surface area (Å²) in [6.45, 7) is 3.10. The molecular formula is C22H27NO2. The highest BCUT2D eigenvalue weighted by atomic mass is 16.4. The molecule has 2 atom stereocenters. The average Bonchev–Trinajstić information content (AvgIpc) is 2.61. The molecule has 1 aliphatic carbocycles. The standard InChI is InChI=1S/C22H27NO2/c1-3-16-9-12-20-18(13-16)10-11-19(14-23(2)15-21(24)25)22(20)17-7-5-4-6-8-17/h4-9,12-13,19,22H,3,10-11,14-15H2,1-2H3,(H,24,25)/t19-,22+/m1/s1. The van der Waals surface area contributed by atoms with Crippen LogP contribution < -0.4 is 0 Å². The third-order valence-electron chi connectivity index (χ3n) is 5.32. The van der Waals surface area contributed by atoms with Gasteiger partial charge in [-0.05, 0) is 54.5 Å². The lowest BCUT2D eigenvalue weighted by Gasteiger charge is -2.36. The van der Waals surface area contributed by atoms with Gasteiger partial charge in [0, 0.05) is 12.5 Å². The number of rotatable bonds is 6. The fourth-order valence-electron chi connectivity index (χ4n) is 4.16. The van der Waals surface area contributed by atoms with E-state index in [9.17, 15) is 4.79 Å². The Morgan fingerprint density at radius 2 is 1.96 bits per heavy atom. The van der Waals surface area contributed by atoms with Crippen molar-refractivity contribution in [3.8, 4) is 0 Å². The number of aliphatic carboxylic acids is 1. The molecule has 3 rings (SSSR count). The van der Waals surface area contributed by atoms with E-state index in [0.29, 0.717) is 11.8 Å². The van der Waals surface area contributed by atoms with E-state index in [1.54, 1.807) is 0 Å². The van der Waals surface area contributed by atoms with Gasteiger partial charge in [0.1, 0.15) is 0 Å². The maximum Gasteiger partial charge on any atom is 0.317 e. The molecule has 3 nitrogen and oxygen atoms in total. The highest BCUT2D eigenvalue weighted by molar-refractivity contribution is 5.69. The van der Waals surface area contributed by atoms with Crippen molar-refractivity contribution in [1.29, 1.82) is 0 Å². The summed E-state index contributed by atoms with van der Waals surface area (Å²) >= 11 is 0. The molecule has 25 heavy (non-hydrogen) atoms. The summed E-state index contributed by atoms with van der Waals surface area (Å²) in [6, 6.07) is 17.6. The molecule has 0 amide bonds. The number of nitrogens with zero attached hydrogens (tertiary/aromatic N) is 1. The molecule has 2 aromatic carbocycles. The molecule has 0 spiro atoms. The predicted molar refractivity (Wildman–Crippen MR) is 101 cm³/mol. The second kappa shape index (κ2) is 7.83. The summed E-state index contributed by atoms with van der Waals surface area (Å²) in [5, 5.41) is 9.07. The molecule has 0 radical (unpaired) electrons. The van der Waals surface area contributed by atoms with Gasteiger partial charge in [0.05, 0.1) is 6.54 Å². The van der Waals surface area contributed by atoms with Crippen molar-refractivity contribution in [3.05, 3.63) is 70.8 Å². The Bertz CT molecular complexity index is 726. The normalized spacial score (nSPS) is 19.6. The van der Waals surface area contributed by atoms with Crippen LogP contribution >= 0.6 is 0 Å². The summed E-state index contributed by atoms with van der Waals surface area (Å²) in [7, 11) is 1.91. The van der Waals surface area contributed by atoms with Crippen molar-refractivity contribution < 1.29 is 9.90 Å². The first-order valence-electron chi connectivity index (χ1n) is 9.15. The summed E-state index contributed by atoms with van der Waals surface area (Å²) < 4.78 is 0. The molecule has 0 aromatic heterocycles. The number of fused-ring (bicyclic) bond motifs is 1. The van der Waals surface area contributed by atoms with Crippen molar-refractivity contribution >= 4 is 5.97 Å². The predicted octanol–water partition coefficient (Wildman–Crippen LogP) is 3.96. The second-order valence-corrected chi connectivity index (χ2v) is 7.16. The Kier molecular flexibility index (Phi) is 5.54. The Hall–Kier alpha value is -2.13. The van der Waals surface area contributed by atoms with Crippen LogP contribution in [0.1, 0.15) is 41.5 Å². The van der Waals surface area contributed by atoms with Crippen LogP contribution in [0.2, 0.25) is 0 Å². The molecule has 0 saturated heterocycles. The topological polar surface area (TPSA) is 40.5 Å². The molecule has 0 bridgehead atoms. The summed E-state index contributed by atoms with van der Waals surface area (Å²) in [5.41, 5.74) is 5.61. The number of carbonyl (C=O) groups is 1. The highest BCUT2D eigenvalue weighted by Gasteiger charge is 2.31. The molecule has 0 saturated carbocycles. The van der Waals surface area contributed by atoms with Gasteiger partial charge >= 0.3 is 5.97 Å². The fourth-order valence-corrected chi connectivity index (χ4v) is 4.16. The van der Waals surface area contributed by atoms with Crippen LogP contribution in [0.3, 0.4) is 0 Å². The zero-order valence-electron chi connectivity index (χ0n) is 15.1. The van der Waals surface area contributed by atoms with Gasteiger partial charge in [-0.25, -0.2) is 0 Å². The molecular weight excluding hydrogens is 310 g/mol. The molecule has 132 valence electrons. The zero-order chi connectivity index (χ0) is 17.8. The number of benzene rings is 2. The quantitative estimate of drug-likeness (QED) is 0.867. The Morgan fingerprint density at radius 3 is 2.64 bits per heavy atom. The number of carboxylic acids is 1. The van der Waals surface area contributed by atoms with Crippen LogP contribution in [-0.2, 0) is 17.6 Å². The lowest BCUT2D eigenvalue weighted by molar-refractivity contribution is -0.138. The number of aryl methyl sites for hydroxylation is 2. The average molecular weight is 337 g/mol. The van der Waals surface area contributed by atoms with E-state index in [1.807, 2.05) is 11.9 Å². The van der Waals surface area contributed by atoms with E-state index in [2.05, 4.69) is 55.5 Å². The van der Waals surface area contributed by atoms with Gasteiger partial charge < -0.3 is 5.11 Å². The van der Waals surface area contributed by atoms with Crippen LogP contribution in [0.4, 0.5) is 0 Å². The number of likely N-dealkylation sites (N-methyl/N-ethyl adjacent to an activating group) is 1. The van der Waals surface area contributed by atoms with Gasteiger partial charge in [-0.3, -0.25) is 9.69 Å². The van der Waals surface area contributed by atoms with Crippen LogP contribution in [0.5, 0.6) is 0 Å². The van der Waals surface area contributed by atoms with Crippen LogP contribution in [0.25, 0.3) is 0 Å². The molecule has 1 aliphatic rings. The molecule has 0 aliphatic heterocycles. The van der Waals surface area contributed by atoms with E-state index in [1.165, 1.54) is 22.3 Å². The van der Waals surface area contributed by atoms with E-state index < -0.39 is 5.97 Å². The van der Waals surface area contributed by atoms with Gasteiger partial charge in [0.15, 0.2) is 0 Å². The minimum absolute atomic E-state index is 0.0969. The van der Waals surface area contributed by atoms with Gasteiger partial charge in [-0.1, -0.05) is 55.5 Å². The highest BCUT2D eigenvalue weighted by Crippen LogP contribution is 2.41. The fraction of sp³-hybridized carbons (Fsp3) is 0.409. The SMILES string of the molecule is CCc1ccc2c(c1)CC[C@H](CN(C)CC(=O)O)[C@@H]2c1ccccc1. The lowest BCUT2D eigenvalue weighted by atomic mass is 9.71. The smallest absolute Gasteiger partial charge is 0.317 e. The van der Waals surface area contributed by atoms with E-state index in [0.717, 1.165) is 25.8 Å². The third-order valence-corrected chi connectivity index (χ3v) is 5.32. The third kappa shape index (κ3) is 4.10. The minimum atomic E-state index is -0.762. The Morgan fingerprint density at radius 1 is 1.20 bits per heavy atom. The minimum Gasteiger partial charge on any atom is -0.480 e. The first-order valence-corrected chi connectivity index (χ1v) is 9.15. The molecule has 0 fully saturated rings. The molecule has 2 aromatic rings. The first-order chi connectivity index (χ1) is 12.1. The van der Waals surface area contributed by atoms with Crippen LogP contribution in [-0.4, -0.2) is 36.1 Å². The summed E-state index contributed by atoms with van der Waals surface area (Å²) in [6.07, 6.45) is 3.25.